The molecular formula is C21H24N2O4S. The zero-order chi connectivity index (χ0) is 19.9. The molecule has 1 aliphatic rings. The number of amides is 1. The molecule has 1 atom stereocenters. The third kappa shape index (κ3) is 4.79. The van der Waals surface area contributed by atoms with Gasteiger partial charge in [-0.2, -0.15) is 0 Å². The summed E-state index contributed by atoms with van der Waals surface area (Å²) in [5.41, 5.74) is 2.03. The Morgan fingerprint density at radius 3 is 2.71 bits per heavy atom. The van der Waals surface area contributed by atoms with Gasteiger partial charge in [0.15, 0.2) is 6.10 Å². The van der Waals surface area contributed by atoms with Crippen LogP contribution in [0.25, 0.3) is 11.1 Å². The maximum atomic E-state index is 12.7. The number of nitrogens with one attached hydrogen (secondary N) is 1. The molecule has 1 aromatic carbocycles. The number of hydrogen-bond acceptors (Lipinski definition) is 6. The molecule has 1 N–H and O–H groups in total. The van der Waals surface area contributed by atoms with E-state index in [1.54, 1.807) is 13.0 Å². The Labute approximate surface area is 168 Å². The lowest BCUT2D eigenvalue weighted by molar-refractivity contribution is -0.128. The van der Waals surface area contributed by atoms with E-state index in [2.05, 4.69) is 16.8 Å². The lowest BCUT2D eigenvalue weighted by Crippen LogP contribution is -2.36. The number of morpholine rings is 1. The number of nitrogens with zero attached hydrogens (tertiary/aromatic N) is 1. The van der Waals surface area contributed by atoms with E-state index in [-0.39, 0.29) is 5.91 Å². The highest BCUT2D eigenvalue weighted by Gasteiger charge is 2.25. The van der Waals surface area contributed by atoms with Crippen molar-refractivity contribution in [1.82, 2.24) is 5.32 Å². The molecule has 7 heteroatoms. The van der Waals surface area contributed by atoms with E-state index in [1.165, 1.54) is 11.3 Å². The van der Waals surface area contributed by atoms with Gasteiger partial charge in [-0.3, -0.25) is 4.79 Å². The van der Waals surface area contributed by atoms with Crippen molar-refractivity contribution in [3.63, 3.8) is 0 Å². The Kier molecular flexibility index (Phi) is 6.84. The first-order valence-corrected chi connectivity index (χ1v) is 10.0. The number of rotatable bonds is 7. The van der Waals surface area contributed by atoms with E-state index in [0.29, 0.717) is 24.6 Å². The highest BCUT2D eigenvalue weighted by molar-refractivity contribution is 7.18. The lowest BCUT2D eigenvalue weighted by Gasteiger charge is -2.28. The molecule has 1 aromatic heterocycles. The minimum atomic E-state index is -0.874. The maximum absolute atomic E-state index is 12.7. The van der Waals surface area contributed by atoms with Gasteiger partial charge in [-0.15, -0.1) is 17.9 Å². The fraction of sp³-hybridized carbons (Fsp3) is 0.333. The van der Waals surface area contributed by atoms with Crippen LogP contribution in [0.3, 0.4) is 0 Å². The SMILES string of the molecule is C=CCNC(=O)[C@H](C)OC(=O)c1cc(-c2ccccc2)c(N2CCOCC2)s1. The second-order valence-corrected chi connectivity index (χ2v) is 7.41. The third-order valence-electron chi connectivity index (χ3n) is 4.37. The second kappa shape index (κ2) is 9.52. The molecule has 1 saturated heterocycles. The number of ether oxygens (including phenoxy) is 2. The largest absolute Gasteiger partial charge is 0.448 e. The number of carbonyl (C=O) groups excluding carboxylic acids is 2. The van der Waals surface area contributed by atoms with Gasteiger partial charge in [-0.05, 0) is 18.6 Å². The fourth-order valence-corrected chi connectivity index (χ4v) is 4.01. The minimum Gasteiger partial charge on any atom is -0.448 e. The Balaban J connectivity index is 1.83. The summed E-state index contributed by atoms with van der Waals surface area (Å²) in [6, 6.07) is 11.8. The first kappa shape index (κ1) is 20.1. The van der Waals surface area contributed by atoms with E-state index in [0.717, 1.165) is 29.2 Å². The number of hydrogen-bond donors (Lipinski definition) is 1. The zero-order valence-electron chi connectivity index (χ0n) is 15.8. The predicted octanol–water partition coefficient (Wildman–Crippen LogP) is 3.10. The smallest absolute Gasteiger partial charge is 0.349 e. The van der Waals surface area contributed by atoms with Gasteiger partial charge in [0, 0.05) is 25.2 Å². The van der Waals surface area contributed by atoms with Crippen LogP contribution in [-0.2, 0) is 14.3 Å². The van der Waals surface area contributed by atoms with Crippen molar-refractivity contribution in [1.29, 1.82) is 0 Å². The van der Waals surface area contributed by atoms with Gasteiger partial charge in [0.25, 0.3) is 5.91 Å². The Morgan fingerprint density at radius 1 is 1.32 bits per heavy atom. The topological polar surface area (TPSA) is 67.9 Å². The van der Waals surface area contributed by atoms with Gasteiger partial charge in [-0.25, -0.2) is 4.79 Å². The van der Waals surface area contributed by atoms with Crippen molar-refractivity contribution in [2.24, 2.45) is 0 Å². The number of benzene rings is 1. The molecule has 0 bridgehead atoms. The molecule has 2 aromatic rings. The molecule has 0 radical (unpaired) electrons. The summed E-state index contributed by atoms with van der Waals surface area (Å²) < 4.78 is 10.8. The van der Waals surface area contributed by atoms with E-state index in [9.17, 15) is 9.59 Å². The summed E-state index contributed by atoms with van der Waals surface area (Å²) in [5.74, 6) is -0.843. The molecule has 0 aliphatic carbocycles. The molecule has 28 heavy (non-hydrogen) atoms. The monoisotopic (exact) mass is 400 g/mol. The first-order chi connectivity index (χ1) is 13.6. The van der Waals surface area contributed by atoms with Crippen molar-refractivity contribution < 1.29 is 19.1 Å². The summed E-state index contributed by atoms with van der Waals surface area (Å²) in [4.78, 5) is 27.3. The Morgan fingerprint density at radius 2 is 2.04 bits per heavy atom. The molecule has 3 rings (SSSR count). The number of carbonyl (C=O) groups is 2. The summed E-state index contributed by atoms with van der Waals surface area (Å²) >= 11 is 1.39. The molecule has 0 unspecified atom stereocenters. The van der Waals surface area contributed by atoms with Crippen LogP contribution in [0, 0.1) is 0 Å². The highest BCUT2D eigenvalue weighted by Crippen LogP contribution is 2.39. The molecule has 1 amide bonds. The van der Waals surface area contributed by atoms with Crippen LogP contribution >= 0.6 is 11.3 Å². The average molecular weight is 401 g/mol. The van der Waals surface area contributed by atoms with Crippen molar-refractivity contribution in [2.45, 2.75) is 13.0 Å². The highest BCUT2D eigenvalue weighted by atomic mass is 32.1. The Bertz CT molecular complexity index is 828. The summed E-state index contributed by atoms with van der Waals surface area (Å²) in [5, 5.41) is 3.65. The van der Waals surface area contributed by atoms with Crippen LogP contribution in [0.5, 0.6) is 0 Å². The van der Waals surface area contributed by atoms with Crippen LogP contribution in [0.1, 0.15) is 16.6 Å². The molecule has 0 spiro atoms. The maximum Gasteiger partial charge on any atom is 0.349 e. The Hall–Kier alpha value is -2.64. The summed E-state index contributed by atoms with van der Waals surface area (Å²) in [7, 11) is 0. The van der Waals surface area contributed by atoms with E-state index < -0.39 is 12.1 Å². The van der Waals surface area contributed by atoms with Gasteiger partial charge in [0.05, 0.1) is 18.2 Å². The van der Waals surface area contributed by atoms with Gasteiger partial charge in [-0.1, -0.05) is 36.4 Å². The van der Waals surface area contributed by atoms with Crippen molar-refractivity contribution in [2.75, 3.05) is 37.7 Å². The molecular weight excluding hydrogens is 376 g/mol. The number of esters is 1. The zero-order valence-corrected chi connectivity index (χ0v) is 16.7. The second-order valence-electron chi connectivity index (χ2n) is 6.38. The van der Waals surface area contributed by atoms with Crippen molar-refractivity contribution >= 4 is 28.2 Å². The molecule has 0 saturated carbocycles. The van der Waals surface area contributed by atoms with Gasteiger partial charge in [0.1, 0.15) is 4.88 Å². The summed E-state index contributed by atoms with van der Waals surface area (Å²) in [6.45, 7) is 8.31. The average Bonchev–Trinajstić information content (AvgIpc) is 3.19. The van der Waals surface area contributed by atoms with Gasteiger partial charge < -0.3 is 19.7 Å². The lowest BCUT2D eigenvalue weighted by atomic mass is 10.1. The van der Waals surface area contributed by atoms with E-state index >= 15 is 0 Å². The molecule has 1 aliphatic heterocycles. The standard InChI is InChI=1S/C21H24N2O4S/c1-3-9-22-19(24)15(2)27-21(25)18-14-17(16-7-5-4-6-8-16)20(28-18)23-10-12-26-13-11-23/h3-8,14-15H,1,9-13H2,2H3,(H,22,24)/t15-/m0/s1. The number of thiophene rings is 1. The predicted molar refractivity (Wildman–Crippen MR) is 111 cm³/mol. The first-order valence-electron chi connectivity index (χ1n) is 9.21. The van der Waals surface area contributed by atoms with Crippen LogP contribution < -0.4 is 10.2 Å². The van der Waals surface area contributed by atoms with E-state index in [1.807, 2.05) is 36.4 Å². The van der Waals surface area contributed by atoms with E-state index in [4.69, 9.17) is 9.47 Å². The number of anilines is 1. The van der Waals surface area contributed by atoms with Crippen molar-refractivity contribution in [3.8, 4) is 11.1 Å². The summed E-state index contributed by atoms with van der Waals surface area (Å²) in [6.07, 6.45) is 0.702. The minimum absolute atomic E-state index is 0.332. The van der Waals surface area contributed by atoms with Crippen LogP contribution in [0.2, 0.25) is 0 Å². The quantitative estimate of drug-likeness (QED) is 0.571. The van der Waals surface area contributed by atoms with Crippen LogP contribution in [-0.4, -0.2) is 50.8 Å². The fourth-order valence-electron chi connectivity index (χ4n) is 2.90. The van der Waals surface area contributed by atoms with Crippen LogP contribution in [0.4, 0.5) is 5.00 Å². The molecule has 2 heterocycles. The van der Waals surface area contributed by atoms with Gasteiger partial charge in [0.2, 0.25) is 0 Å². The molecule has 1 fully saturated rings. The molecule has 148 valence electrons. The molecule has 6 nitrogen and oxygen atoms in total. The third-order valence-corrected chi connectivity index (χ3v) is 5.55. The van der Waals surface area contributed by atoms with Crippen molar-refractivity contribution in [3.05, 3.63) is 53.9 Å². The normalized spacial score (nSPS) is 15.0. The van der Waals surface area contributed by atoms with Gasteiger partial charge >= 0.3 is 5.97 Å². The van der Waals surface area contributed by atoms with Crippen LogP contribution in [0.15, 0.2) is 49.1 Å².